The molecule has 0 saturated carbocycles. The summed E-state index contributed by atoms with van der Waals surface area (Å²) in [5.74, 6) is 1.40. The van der Waals surface area contributed by atoms with Gasteiger partial charge in [0.05, 0.1) is 4.92 Å². The number of nitrogens with one attached hydrogen (secondary N) is 1. The second-order valence-corrected chi connectivity index (χ2v) is 7.07. The molecule has 0 aromatic heterocycles. The lowest BCUT2D eigenvalue weighted by atomic mass is 9.70. The van der Waals surface area contributed by atoms with Crippen molar-refractivity contribution in [3.63, 3.8) is 0 Å². The Labute approximate surface area is 142 Å². The fourth-order valence-electron chi connectivity index (χ4n) is 4.41. The quantitative estimate of drug-likeness (QED) is 0.690. The third kappa shape index (κ3) is 2.94. The van der Waals surface area contributed by atoms with Crippen molar-refractivity contribution in [1.29, 1.82) is 0 Å². The lowest BCUT2D eigenvalue weighted by Crippen LogP contribution is -2.45. The van der Waals surface area contributed by atoms with E-state index in [0.29, 0.717) is 12.0 Å². The highest BCUT2D eigenvalue weighted by Crippen LogP contribution is 2.40. The van der Waals surface area contributed by atoms with Gasteiger partial charge in [-0.2, -0.15) is 0 Å². The van der Waals surface area contributed by atoms with Gasteiger partial charge >= 0.3 is 0 Å². The smallest absolute Gasteiger partial charge is 0.269 e. The normalized spacial score (nSPS) is 25.6. The lowest BCUT2D eigenvalue weighted by molar-refractivity contribution is -0.384. The van der Waals surface area contributed by atoms with E-state index in [0.717, 1.165) is 18.9 Å². The Morgan fingerprint density at radius 3 is 2.71 bits per heavy atom. The van der Waals surface area contributed by atoms with Crippen LogP contribution in [0.1, 0.15) is 35.4 Å². The van der Waals surface area contributed by atoms with Gasteiger partial charge < -0.3 is 5.32 Å². The first-order chi connectivity index (χ1) is 11.7. The van der Waals surface area contributed by atoms with E-state index in [1.54, 1.807) is 12.1 Å². The van der Waals surface area contributed by atoms with Gasteiger partial charge in [0, 0.05) is 24.7 Å². The zero-order chi connectivity index (χ0) is 16.5. The highest BCUT2D eigenvalue weighted by molar-refractivity contribution is 5.35. The SMILES string of the molecule is O=[N+]([O-])c1ccc(CC2CC3CCc4ccccc4C3CN2)cc1. The minimum atomic E-state index is -0.341. The molecule has 0 amide bonds. The van der Waals surface area contributed by atoms with Crippen LogP contribution in [0.15, 0.2) is 48.5 Å². The number of aryl methyl sites for hydroxylation is 1. The molecule has 1 saturated heterocycles. The third-order valence-electron chi connectivity index (χ3n) is 5.65. The minimum Gasteiger partial charge on any atom is -0.313 e. The first-order valence-electron chi connectivity index (χ1n) is 8.75. The topological polar surface area (TPSA) is 55.2 Å². The fourth-order valence-corrected chi connectivity index (χ4v) is 4.41. The van der Waals surface area contributed by atoms with E-state index in [1.807, 2.05) is 12.1 Å². The summed E-state index contributed by atoms with van der Waals surface area (Å²) in [5.41, 5.74) is 4.40. The van der Waals surface area contributed by atoms with Gasteiger partial charge in [0.25, 0.3) is 5.69 Å². The summed E-state index contributed by atoms with van der Waals surface area (Å²) in [6, 6.07) is 16.3. The monoisotopic (exact) mass is 322 g/mol. The molecule has 1 heterocycles. The van der Waals surface area contributed by atoms with Crippen LogP contribution in [-0.2, 0) is 12.8 Å². The maximum absolute atomic E-state index is 10.8. The molecule has 4 nitrogen and oxygen atoms in total. The average Bonchev–Trinajstić information content (AvgIpc) is 2.62. The van der Waals surface area contributed by atoms with Crippen LogP contribution in [0.4, 0.5) is 5.69 Å². The molecule has 0 bridgehead atoms. The molecule has 2 aromatic rings. The van der Waals surface area contributed by atoms with E-state index >= 15 is 0 Å². The van der Waals surface area contributed by atoms with Crippen LogP contribution in [0, 0.1) is 16.0 Å². The van der Waals surface area contributed by atoms with Crippen molar-refractivity contribution in [1.82, 2.24) is 5.32 Å². The van der Waals surface area contributed by atoms with E-state index in [1.165, 1.54) is 36.0 Å². The molecule has 24 heavy (non-hydrogen) atoms. The molecule has 2 aromatic carbocycles. The maximum Gasteiger partial charge on any atom is 0.269 e. The van der Waals surface area contributed by atoms with Crippen LogP contribution < -0.4 is 5.32 Å². The summed E-state index contributed by atoms with van der Waals surface area (Å²) in [4.78, 5) is 10.4. The zero-order valence-electron chi connectivity index (χ0n) is 13.7. The molecule has 124 valence electrons. The van der Waals surface area contributed by atoms with Crippen LogP contribution >= 0.6 is 0 Å². The summed E-state index contributed by atoms with van der Waals surface area (Å²) in [5, 5.41) is 14.5. The first kappa shape index (κ1) is 15.3. The van der Waals surface area contributed by atoms with Crippen molar-refractivity contribution >= 4 is 5.69 Å². The average molecular weight is 322 g/mol. The number of nitro benzene ring substituents is 1. The zero-order valence-corrected chi connectivity index (χ0v) is 13.7. The van der Waals surface area contributed by atoms with Gasteiger partial charge in [-0.3, -0.25) is 10.1 Å². The molecular formula is C20H22N2O2. The van der Waals surface area contributed by atoms with Crippen LogP contribution in [0.5, 0.6) is 0 Å². The summed E-state index contributed by atoms with van der Waals surface area (Å²) in [6.07, 6.45) is 4.61. The van der Waals surface area contributed by atoms with E-state index in [-0.39, 0.29) is 10.6 Å². The van der Waals surface area contributed by atoms with Crippen LogP contribution in [0.2, 0.25) is 0 Å². The molecular weight excluding hydrogens is 300 g/mol. The summed E-state index contributed by atoms with van der Waals surface area (Å²) in [7, 11) is 0. The van der Waals surface area contributed by atoms with Gasteiger partial charge in [-0.1, -0.05) is 36.4 Å². The Balaban J connectivity index is 1.43. The van der Waals surface area contributed by atoms with Crippen molar-refractivity contribution in [3.05, 3.63) is 75.3 Å². The summed E-state index contributed by atoms with van der Waals surface area (Å²) < 4.78 is 0. The van der Waals surface area contributed by atoms with Crippen molar-refractivity contribution in [2.45, 2.75) is 37.6 Å². The predicted octanol–water partition coefficient (Wildman–Crippen LogP) is 3.85. The molecule has 4 rings (SSSR count). The Hall–Kier alpha value is -2.20. The number of non-ortho nitro benzene ring substituents is 1. The Morgan fingerprint density at radius 2 is 1.92 bits per heavy atom. The third-order valence-corrected chi connectivity index (χ3v) is 5.65. The highest BCUT2D eigenvalue weighted by Gasteiger charge is 2.34. The summed E-state index contributed by atoms with van der Waals surface area (Å²) >= 11 is 0. The van der Waals surface area contributed by atoms with Crippen molar-refractivity contribution < 1.29 is 4.92 Å². The molecule has 4 heteroatoms. The highest BCUT2D eigenvalue weighted by atomic mass is 16.6. The van der Waals surface area contributed by atoms with Gasteiger partial charge in [-0.15, -0.1) is 0 Å². The largest absolute Gasteiger partial charge is 0.313 e. The number of fused-ring (bicyclic) bond motifs is 3. The second-order valence-electron chi connectivity index (χ2n) is 7.07. The van der Waals surface area contributed by atoms with Crippen LogP contribution in [0.25, 0.3) is 0 Å². The molecule has 3 atom stereocenters. The maximum atomic E-state index is 10.8. The second kappa shape index (κ2) is 6.36. The molecule has 2 aliphatic rings. The van der Waals surface area contributed by atoms with E-state index in [9.17, 15) is 10.1 Å². The molecule has 3 unspecified atom stereocenters. The van der Waals surface area contributed by atoms with Gasteiger partial charge in [0.2, 0.25) is 0 Å². The van der Waals surface area contributed by atoms with Crippen LogP contribution in [-0.4, -0.2) is 17.5 Å². The Morgan fingerprint density at radius 1 is 1.12 bits per heavy atom. The number of hydrogen-bond donors (Lipinski definition) is 1. The number of rotatable bonds is 3. The van der Waals surface area contributed by atoms with Crippen molar-refractivity contribution in [2.24, 2.45) is 5.92 Å². The predicted molar refractivity (Wildman–Crippen MR) is 94.2 cm³/mol. The Kier molecular flexibility index (Phi) is 4.07. The van der Waals surface area contributed by atoms with Gasteiger partial charge in [-0.25, -0.2) is 0 Å². The van der Waals surface area contributed by atoms with E-state index in [2.05, 4.69) is 29.6 Å². The van der Waals surface area contributed by atoms with Gasteiger partial charge in [-0.05, 0) is 54.2 Å². The van der Waals surface area contributed by atoms with Gasteiger partial charge in [0.15, 0.2) is 0 Å². The van der Waals surface area contributed by atoms with Crippen LogP contribution in [0.3, 0.4) is 0 Å². The van der Waals surface area contributed by atoms with E-state index in [4.69, 9.17) is 0 Å². The standard InChI is InChI=1S/C20H22N2O2/c23-22(24)18-9-5-14(6-10-18)11-17-12-16-8-7-15-3-1-2-4-19(15)20(16)13-21-17/h1-6,9-10,16-17,20-21H,7-8,11-13H2. The molecule has 1 N–H and O–H groups in total. The Bertz CT molecular complexity index is 742. The lowest BCUT2D eigenvalue weighted by Gasteiger charge is -2.41. The molecule has 1 fully saturated rings. The van der Waals surface area contributed by atoms with Gasteiger partial charge in [0.1, 0.15) is 0 Å². The minimum absolute atomic E-state index is 0.166. The number of nitrogens with zero attached hydrogens (tertiary/aromatic N) is 1. The molecule has 0 spiro atoms. The number of benzene rings is 2. The van der Waals surface area contributed by atoms with E-state index < -0.39 is 0 Å². The number of piperidine rings is 1. The van der Waals surface area contributed by atoms with Crippen molar-refractivity contribution in [2.75, 3.05) is 6.54 Å². The molecule has 0 radical (unpaired) electrons. The van der Waals surface area contributed by atoms with Crippen molar-refractivity contribution in [3.8, 4) is 0 Å². The number of nitro groups is 1. The fraction of sp³-hybridized carbons (Fsp3) is 0.400. The first-order valence-corrected chi connectivity index (χ1v) is 8.75. The molecule has 1 aliphatic carbocycles. The number of hydrogen-bond acceptors (Lipinski definition) is 3. The molecule has 1 aliphatic heterocycles. The summed E-state index contributed by atoms with van der Waals surface area (Å²) in [6.45, 7) is 1.04.